The van der Waals surface area contributed by atoms with Gasteiger partial charge in [-0.15, -0.1) is 0 Å². The number of hydrogen-bond donors (Lipinski definition) is 4. The van der Waals surface area contributed by atoms with Crippen molar-refractivity contribution < 1.29 is 4.74 Å². The first-order valence-electron chi connectivity index (χ1n) is 11.5. The highest BCUT2D eigenvalue weighted by molar-refractivity contribution is 5.86. The Morgan fingerprint density at radius 1 is 0.938 bits per heavy atom. The number of nitrogens with one attached hydrogen (secondary N) is 4. The minimum atomic E-state index is 0.490. The molecule has 7 heteroatoms. The van der Waals surface area contributed by atoms with Crippen LogP contribution in [-0.2, 0) is 4.74 Å². The Balaban J connectivity index is 0.000000314. The first kappa shape index (κ1) is 20.9. The maximum atomic E-state index is 5.01. The van der Waals surface area contributed by atoms with Gasteiger partial charge in [-0.1, -0.05) is 18.2 Å². The van der Waals surface area contributed by atoms with Crippen LogP contribution in [0.3, 0.4) is 0 Å². The van der Waals surface area contributed by atoms with E-state index in [-0.39, 0.29) is 0 Å². The second kappa shape index (κ2) is 10.1. The molecule has 6 rings (SSSR count). The van der Waals surface area contributed by atoms with Crippen LogP contribution >= 0.6 is 0 Å². The fraction of sp³-hybridized carbons (Fsp3) is 0.360. The number of pyridine rings is 1. The zero-order valence-corrected chi connectivity index (χ0v) is 18.2. The number of fused-ring (bicyclic) bond motifs is 2. The van der Waals surface area contributed by atoms with Crippen molar-refractivity contribution in [3.8, 4) is 11.4 Å². The van der Waals surface area contributed by atoms with Crippen LogP contribution in [0.25, 0.3) is 33.3 Å². The molecule has 0 amide bonds. The number of anilines is 1. The molecule has 4 heterocycles. The van der Waals surface area contributed by atoms with Crippen molar-refractivity contribution in [2.24, 2.45) is 0 Å². The van der Waals surface area contributed by atoms with Gasteiger partial charge in [0.25, 0.3) is 0 Å². The molecule has 4 N–H and O–H groups in total. The SMILES string of the molecule is C1COCCN1.c1ccc2ncc(-c3nc4cc(NC5CCCNC5)ccc4[nH]3)cc2c1. The molecule has 4 aromatic rings. The lowest BCUT2D eigenvalue weighted by molar-refractivity contribution is 0.109. The Kier molecular flexibility index (Phi) is 6.58. The summed E-state index contributed by atoms with van der Waals surface area (Å²) in [6.07, 6.45) is 4.31. The average molecular weight is 431 g/mol. The number of hydrogen-bond acceptors (Lipinski definition) is 6. The number of H-pyrrole nitrogens is 1. The summed E-state index contributed by atoms with van der Waals surface area (Å²) in [5.74, 6) is 0.856. The third-order valence-corrected chi connectivity index (χ3v) is 5.86. The van der Waals surface area contributed by atoms with Gasteiger partial charge < -0.3 is 25.7 Å². The van der Waals surface area contributed by atoms with Crippen LogP contribution in [0.5, 0.6) is 0 Å². The highest BCUT2D eigenvalue weighted by atomic mass is 16.5. The fourth-order valence-corrected chi connectivity index (χ4v) is 4.16. The van der Waals surface area contributed by atoms with Crippen LogP contribution < -0.4 is 16.0 Å². The van der Waals surface area contributed by atoms with Gasteiger partial charge >= 0.3 is 0 Å². The van der Waals surface area contributed by atoms with E-state index in [0.717, 1.165) is 78.4 Å². The Hall–Kier alpha value is -3.00. The average Bonchev–Trinajstić information content (AvgIpc) is 3.29. The third kappa shape index (κ3) is 5.07. The molecule has 1 unspecified atom stereocenters. The summed E-state index contributed by atoms with van der Waals surface area (Å²) >= 11 is 0. The van der Waals surface area contributed by atoms with E-state index in [0.29, 0.717) is 6.04 Å². The van der Waals surface area contributed by atoms with E-state index in [2.05, 4.69) is 56.3 Å². The molecule has 0 aliphatic carbocycles. The molecule has 0 radical (unpaired) electrons. The predicted octanol–water partition coefficient (Wildman–Crippen LogP) is 3.55. The molecule has 0 saturated carbocycles. The second-order valence-corrected chi connectivity index (χ2v) is 8.28. The number of rotatable bonds is 3. The molecule has 2 aromatic carbocycles. The van der Waals surface area contributed by atoms with Gasteiger partial charge in [0.2, 0.25) is 0 Å². The zero-order chi connectivity index (χ0) is 21.6. The van der Waals surface area contributed by atoms with Crippen LogP contribution in [0.2, 0.25) is 0 Å². The number of ether oxygens (including phenoxy) is 1. The summed E-state index contributed by atoms with van der Waals surface area (Å²) in [6.45, 7) is 5.98. The predicted molar refractivity (Wildman–Crippen MR) is 130 cm³/mol. The molecule has 2 aromatic heterocycles. The number of aromatic amines is 1. The number of para-hydroxylation sites is 1. The Labute approximate surface area is 188 Å². The molecule has 32 heavy (non-hydrogen) atoms. The lowest BCUT2D eigenvalue weighted by Crippen LogP contribution is -2.38. The molecule has 2 aliphatic rings. The summed E-state index contributed by atoms with van der Waals surface area (Å²) in [7, 11) is 0. The third-order valence-electron chi connectivity index (χ3n) is 5.86. The van der Waals surface area contributed by atoms with E-state index >= 15 is 0 Å². The molecule has 2 aliphatic heterocycles. The van der Waals surface area contributed by atoms with Crippen molar-refractivity contribution in [3.05, 3.63) is 54.7 Å². The van der Waals surface area contributed by atoms with Crippen LogP contribution in [0.1, 0.15) is 12.8 Å². The van der Waals surface area contributed by atoms with E-state index in [4.69, 9.17) is 9.72 Å². The Bertz CT molecular complexity index is 1150. The highest BCUT2D eigenvalue weighted by Crippen LogP contribution is 2.25. The van der Waals surface area contributed by atoms with Crippen LogP contribution in [-0.4, -0.2) is 60.4 Å². The molecular formula is C25H30N6O. The standard InChI is InChI=1S/C21H21N5.C4H9NO/c1-2-6-18-14(4-1)10-15(12-23-18)21-25-19-8-7-16(11-20(19)26-21)24-17-5-3-9-22-13-17;1-3-6-4-2-5-1/h1-2,4,6-8,10-12,17,22,24H,3,5,9,13H2,(H,25,26);5H,1-4H2. The van der Waals surface area contributed by atoms with Gasteiger partial charge in [0, 0.05) is 48.5 Å². The maximum absolute atomic E-state index is 5.01. The van der Waals surface area contributed by atoms with Gasteiger partial charge in [0.05, 0.1) is 29.8 Å². The lowest BCUT2D eigenvalue weighted by atomic mass is 10.1. The largest absolute Gasteiger partial charge is 0.381 e. The quantitative estimate of drug-likeness (QED) is 0.398. The van der Waals surface area contributed by atoms with Gasteiger partial charge in [-0.25, -0.2) is 4.98 Å². The second-order valence-electron chi connectivity index (χ2n) is 8.28. The normalized spacial score (nSPS) is 18.8. The topological polar surface area (TPSA) is 86.9 Å². The number of aromatic nitrogens is 3. The van der Waals surface area contributed by atoms with Gasteiger partial charge in [-0.3, -0.25) is 4.98 Å². The molecule has 1 atom stereocenters. The zero-order valence-electron chi connectivity index (χ0n) is 18.2. The van der Waals surface area contributed by atoms with E-state index < -0.39 is 0 Å². The minimum absolute atomic E-state index is 0.490. The van der Waals surface area contributed by atoms with Crippen LogP contribution in [0.15, 0.2) is 54.7 Å². The first-order valence-corrected chi connectivity index (χ1v) is 11.5. The van der Waals surface area contributed by atoms with Gasteiger partial charge in [-0.05, 0) is 49.7 Å². The van der Waals surface area contributed by atoms with Crippen molar-refractivity contribution in [2.75, 3.05) is 44.7 Å². The summed E-state index contributed by atoms with van der Waals surface area (Å²) in [4.78, 5) is 12.8. The van der Waals surface area contributed by atoms with Crippen molar-refractivity contribution in [1.29, 1.82) is 0 Å². The Morgan fingerprint density at radius 3 is 2.62 bits per heavy atom. The molecule has 2 saturated heterocycles. The molecule has 2 fully saturated rings. The van der Waals surface area contributed by atoms with Crippen LogP contribution in [0, 0.1) is 0 Å². The van der Waals surface area contributed by atoms with Gasteiger partial charge in [0.1, 0.15) is 5.82 Å². The number of morpholine rings is 1. The number of piperidine rings is 1. The van der Waals surface area contributed by atoms with Gasteiger partial charge in [-0.2, -0.15) is 0 Å². The first-order chi connectivity index (χ1) is 15.8. The van der Waals surface area contributed by atoms with Crippen LogP contribution in [0.4, 0.5) is 5.69 Å². The molecule has 7 nitrogen and oxygen atoms in total. The summed E-state index contributed by atoms with van der Waals surface area (Å²) in [5, 5.41) is 11.3. The highest BCUT2D eigenvalue weighted by Gasteiger charge is 2.13. The summed E-state index contributed by atoms with van der Waals surface area (Å²) < 4.78 is 5.01. The van der Waals surface area contributed by atoms with Crippen molar-refractivity contribution in [3.63, 3.8) is 0 Å². The van der Waals surface area contributed by atoms with E-state index in [1.54, 1.807) is 0 Å². The molecule has 0 spiro atoms. The minimum Gasteiger partial charge on any atom is -0.381 e. The smallest absolute Gasteiger partial charge is 0.140 e. The van der Waals surface area contributed by atoms with E-state index in [1.165, 1.54) is 12.8 Å². The van der Waals surface area contributed by atoms with E-state index in [1.807, 2.05) is 24.4 Å². The van der Waals surface area contributed by atoms with Crippen molar-refractivity contribution in [2.45, 2.75) is 18.9 Å². The van der Waals surface area contributed by atoms with Crippen molar-refractivity contribution in [1.82, 2.24) is 25.6 Å². The Morgan fingerprint density at radius 2 is 1.84 bits per heavy atom. The maximum Gasteiger partial charge on any atom is 0.140 e. The fourth-order valence-electron chi connectivity index (χ4n) is 4.16. The van der Waals surface area contributed by atoms with Gasteiger partial charge in [0.15, 0.2) is 0 Å². The molecular weight excluding hydrogens is 400 g/mol. The number of imidazole rings is 1. The molecule has 166 valence electrons. The summed E-state index contributed by atoms with van der Waals surface area (Å²) in [6, 6.07) is 17.1. The number of nitrogens with zero attached hydrogens (tertiary/aromatic N) is 2. The van der Waals surface area contributed by atoms with E-state index in [9.17, 15) is 0 Å². The lowest BCUT2D eigenvalue weighted by Gasteiger charge is -2.24. The molecule has 0 bridgehead atoms. The monoisotopic (exact) mass is 430 g/mol. The summed E-state index contributed by atoms with van der Waals surface area (Å²) in [5.41, 5.74) is 5.15. The van der Waals surface area contributed by atoms with Crippen molar-refractivity contribution >= 4 is 27.6 Å². The number of benzene rings is 2.